The molecular formula is C15H22O3. The SMILES string of the molecule is C=C(C(=O)O)C1C=C2C(C)C(O)CCC2(C)CC1. The number of hydrogen-bond acceptors (Lipinski definition) is 2. The Hall–Kier alpha value is -1.09. The topological polar surface area (TPSA) is 57.5 Å². The molecule has 3 heteroatoms. The second kappa shape index (κ2) is 4.54. The van der Waals surface area contributed by atoms with E-state index in [2.05, 4.69) is 19.6 Å². The molecule has 0 aromatic heterocycles. The summed E-state index contributed by atoms with van der Waals surface area (Å²) in [5.74, 6) is -0.851. The Morgan fingerprint density at radius 1 is 1.44 bits per heavy atom. The molecule has 0 spiro atoms. The van der Waals surface area contributed by atoms with E-state index in [0.29, 0.717) is 0 Å². The molecule has 0 aliphatic heterocycles. The van der Waals surface area contributed by atoms with Crippen molar-refractivity contribution >= 4 is 5.97 Å². The molecule has 2 aliphatic carbocycles. The van der Waals surface area contributed by atoms with Crippen LogP contribution in [0.15, 0.2) is 23.8 Å². The van der Waals surface area contributed by atoms with Gasteiger partial charge in [-0.1, -0.05) is 32.1 Å². The van der Waals surface area contributed by atoms with Gasteiger partial charge in [0.15, 0.2) is 0 Å². The Morgan fingerprint density at radius 2 is 2.06 bits per heavy atom. The van der Waals surface area contributed by atoms with E-state index in [1.807, 2.05) is 6.92 Å². The van der Waals surface area contributed by atoms with Crippen molar-refractivity contribution in [2.75, 3.05) is 0 Å². The fourth-order valence-electron chi connectivity index (χ4n) is 3.45. The molecule has 3 nitrogen and oxygen atoms in total. The van der Waals surface area contributed by atoms with Gasteiger partial charge in [0.05, 0.1) is 6.10 Å². The van der Waals surface area contributed by atoms with Crippen molar-refractivity contribution in [1.82, 2.24) is 0 Å². The lowest BCUT2D eigenvalue weighted by Gasteiger charge is -2.46. The van der Waals surface area contributed by atoms with Crippen LogP contribution in [0, 0.1) is 17.3 Å². The molecule has 2 rings (SSSR count). The van der Waals surface area contributed by atoms with Gasteiger partial charge >= 0.3 is 5.97 Å². The van der Waals surface area contributed by atoms with Crippen molar-refractivity contribution in [3.63, 3.8) is 0 Å². The highest BCUT2D eigenvalue weighted by molar-refractivity contribution is 5.86. The first-order chi connectivity index (χ1) is 8.35. The van der Waals surface area contributed by atoms with E-state index in [1.54, 1.807) is 0 Å². The van der Waals surface area contributed by atoms with Gasteiger partial charge in [0.2, 0.25) is 0 Å². The van der Waals surface area contributed by atoms with Crippen LogP contribution in [-0.2, 0) is 4.79 Å². The Balaban J connectivity index is 2.31. The summed E-state index contributed by atoms with van der Waals surface area (Å²) >= 11 is 0. The van der Waals surface area contributed by atoms with Gasteiger partial charge in [-0.3, -0.25) is 0 Å². The predicted molar refractivity (Wildman–Crippen MR) is 70.1 cm³/mol. The van der Waals surface area contributed by atoms with E-state index in [4.69, 9.17) is 5.11 Å². The number of aliphatic carboxylic acids is 1. The molecule has 18 heavy (non-hydrogen) atoms. The van der Waals surface area contributed by atoms with E-state index in [-0.39, 0.29) is 28.9 Å². The van der Waals surface area contributed by atoms with Crippen LogP contribution in [0.5, 0.6) is 0 Å². The summed E-state index contributed by atoms with van der Waals surface area (Å²) in [5, 5.41) is 19.0. The number of carbonyl (C=O) groups is 1. The molecule has 1 saturated carbocycles. The second-order valence-electron chi connectivity index (χ2n) is 6.05. The van der Waals surface area contributed by atoms with E-state index in [9.17, 15) is 9.90 Å². The van der Waals surface area contributed by atoms with Gasteiger partial charge in [0.25, 0.3) is 0 Å². The number of allylic oxidation sites excluding steroid dienone is 1. The van der Waals surface area contributed by atoms with Crippen LogP contribution in [-0.4, -0.2) is 22.3 Å². The normalized spacial score (nSPS) is 39.7. The van der Waals surface area contributed by atoms with Gasteiger partial charge in [-0.05, 0) is 31.1 Å². The molecule has 0 bridgehead atoms. The highest BCUT2D eigenvalue weighted by atomic mass is 16.4. The maximum Gasteiger partial charge on any atom is 0.331 e. The van der Waals surface area contributed by atoms with Crippen LogP contribution < -0.4 is 0 Å². The maximum atomic E-state index is 11.0. The molecule has 2 aliphatic rings. The van der Waals surface area contributed by atoms with Crippen LogP contribution in [0.3, 0.4) is 0 Å². The third kappa shape index (κ3) is 2.12. The van der Waals surface area contributed by atoms with Crippen molar-refractivity contribution in [2.24, 2.45) is 17.3 Å². The molecule has 4 unspecified atom stereocenters. The first kappa shape index (κ1) is 13.3. The molecule has 0 amide bonds. The Kier molecular flexibility index (Phi) is 3.37. The quantitative estimate of drug-likeness (QED) is 0.585. The third-order valence-corrected chi connectivity index (χ3v) is 4.87. The van der Waals surface area contributed by atoms with Gasteiger partial charge in [0, 0.05) is 17.4 Å². The fourth-order valence-corrected chi connectivity index (χ4v) is 3.45. The number of aliphatic hydroxyl groups is 1. The van der Waals surface area contributed by atoms with Gasteiger partial charge in [-0.2, -0.15) is 0 Å². The standard InChI is InChI=1S/C15H22O3/c1-9(14(17)18)11-4-6-15(3)7-5-13(16)10(2)12(15)8-11/h8,10-11,13,16H,1,4-7H2,2-3H3,(H,17,18). The second-order valence-corrected chi connectivity index (χ2v) is 6.05. The maximum absolute atomic E-state index is 11.0. The summed E-state index contributed by atoms with van der Waals surface area (Å²) in [6.45, 7) is 7.95. The number of hydrogen-bond donors (Lipinski definition) is 2. The smallest absolute Gasteiger partial charge is 0.331 e. The molecule has 100 valence electrons. The van der Waals surface area contributed by atoms with Crippen molar-refractivity contribution < 1.29 is 15.0 Å². The predicted octanol–water partition coefficient (Wildman–Crippen LogP) is 2.76. The summed E-state index contributed by atoms with van der Waals surface area (Å²) in [7, 11) is 0. The number of carboxylic acid groups (broad SMARTS) is 1. The van der Waals surface area contributed by atoms with Crippen molar-refractivity contribution in [1.29, 1.82) is 0 Å². The number of fused-ring (bicyclic) bond motifs is 1. The van der Waals surface area contributed by atoms with Gasteiger partial charge < -0.3 is 10.2 Å². The summed E-state index contributed by atoms with van der Waals surface area (Å²) in [5.41, 5.74) is 1.66. The highest BCUT2D eigenvalue weighted by Gasteiger charge is 2.42. The Bertz CT molecular complexity index is 410. The molecule has 2 N–H and O–H groups in total. The number of carboxylic acids is 1. The van der Waals surface area contributed by atoms with Crippen LogP contribution in [0.1, 0.15) is 39.5 Å². The number of rotatable bonds is 2. The van der Waals surface area contributed by atoms with Gasteiger partial charge in [-0.25, -0.2) is 4.79 Å². The minimum absolute atomic E-state index is 0.0710. The zero-order chi connectivity index (χ0) is 13.5. The highest BCUT2D eigenvalue weighted by Crippen LogP contribution is 2.51. The lowest BCUT2D eigenvalue weighted by Crippen LogP contribution is -2.39. The van der Waals surface area contributed by atoms with Gasteiger partial charge in [-0.15, -0.1) is 0 Å². The molecule has 0 saturated heterocycles. The lowest BCUT2D eigenvalue weighted by atomic mass is 9.60. The molecule has 0 aromatic carbocycles. The molecule has 0 aromatic rings. The largest absolute Gasteiger partial charge is 0.478 e. The Labute approximate surface area is 108 Å². The lowest BCUT2D eigenvalue weighted by molar-refractivity contribution is -0.133. The zero-order valence-corrected chi connectivity index (χ0v) is 11.1. The monoisotopic (exact) mass is 250 g/mol. The summed E-state index contributed by atoms with van der Waals surface area (Å²) in [6, 6.07) is 0. The van der Waals surface area contributed by atoms with Crippen LogP contribution in [0.25, 0.3) is 0 Å². The first-order valence-electron chi connectivity index (χ1n) is 6.67. The average Bonchev–Trinajstić information content (AvgIpc) is 2.33. The van der Waals surface area contributed by atoms with Crippen molar-refractivity contribution in [3.8, 4) is 0 Å². The summed E-state index contributed by atoms with van der Waals surface area (Å²) < 4.78 is 0. The fraction of sp³-hybridized carbons (Fsp3) is 0.667. The first-order valence-corrected chi connectivity index (χ1v) is 6.67. The average molecular weight is 250 g/mol. The molecule has 4 atom stereocenters. The van der Waals surface area contributed by atoms with Crippen LogP contribution in [0.2, 0.25) is 0 Å². The number of aliphatic hydroxyl groups excluding tert-OH is 1. The molecule has 1 fully saturated rings. The Morgan fingerprint density at radius 3 is 2.67 bits per heavy atom. The van der Waals surface area contributed by atoms with Crippen molar-refractivity contribution in [2.45, 2.75) is 45.6 Å². The van der Waals surface area contributed by atoms with Crippen LogP contribution >= 0.6 is 0 Å². The van der Waals surface area contributed by atoms with E-state index in [0.717, 1.165) is 25.7 Å². The summed E-state index contributed by atoms with van der Waals surface area (Å²) in [6.07, 6.45) is 5.46. The molecule has 0 radical (unpaired) electrons. The van der Waals surface area contributed by atoms with E-state index < -0.39 is 5.97 Å². The van der Waals surface area contributed by atoms with E-state index in [1.165, 1.54) is 5.57 Å². The van der Waals surface area contributed by atoms with Crippen molar-refractivity contribution in [3.05, 3.63) is 23.8 Å². The molecule has 0 heterocycles. The zero-order valence-electron chi connectivity index (χ0n) is 11.1. The van der Waals surface area contributed by atoms with E-state index >= 15 is 0 Å². The van der Waals surface area contributed by atoms with Crippen LogP contribution in [0.4, 0.5) is 0 Å². The minimum atomic E-state index is -0.913. The van der Waals surface area contributed by atoms with Gasteiger partial charge in [0.1, 0.15) is 0 Å². The minimum Gasteiger partial charge on any atom is -0.478 e. The third-order valence-electron chi connectivity index (χ3n) is 4.87. The summed E-state index contributed by atoms with van der Waals surface area (Å²) in [4.78, 5) is 11.0. The molecular weight excluding hydrogens is 228 g/mol.